The fourth-order valence-electron chi connectivity index (χ4n) is 4.13. The van der Waals surface area contributed by atoms with Crippen LogP contribution in [0.5, 0.6) is 0 Å². The van der Waals surface area contributed by atoms with Gasteiger partial charge < -0.3 is 19.3 Å². The summed E-state index contributed by atoms with van der Waals surface area (Å²) in [5.41, 5.74) is 2.08. The highest BCUT2D eigenvalue weighted by atomic mass is 32.1. The van der Waals surface area contributed by atoms with Crippen LogP contribution in [0.2, 0.25) is 0 Å². The van der Waals surface area contributed by atoms with Gasteiger partial charge in [0.15, 0.2) is 6.10 Å². The molecule has 166 valence electrons. The van der Waals surface area contributed by atoms with Crippen LogP contribution >= 0.6 is 11.3 Å². The molecule has 7 heteroatoms. The second kappa shape index (κ2) is 10.3. The van der Waals surface area contributed by atoms with Gasteiger partial charge in [0.1, 0.15) is 4.88 Å². The largest absolute Gasteiger partial charge is 0.448 e. The monoisotopic (exact) mass is 442 g/mol. The van der Waals surface area contributed by atoms with E-state index in [0.29, 0.717) is 18.1 Å². The van der Waals surface area contributed by atoms with Crippen molar-refractivity contribution < 1.29 is 19.1 Å². The van der Waals surface area contributed by atoms with E-state index in [1.54, 1.807) is 6.92 Å². The number of morpholine rings is 1. The molecule has 2 saturated heterocycles. The number of carbonyl (C=O) groups excluding carboxylic acids is 2. The van der Waals surface area contributed by atoms with Crippen molar-refractivity contribution in [1.29, 1.82) is 0 Å². The smallest absolute Gasteiger partial charge is 0.349 e. The fraction of sp³-hybridized carbons (Fsp3) is 0.500. The molecule has 1 aromatic carbocycles. The molecule has 2 aromatic rings. The first-order valence-corrected chi connectivity index (χ1v) is 12.0. The predicted molar refractivity (Wildman–Crippen MR) is 123 cm³/mol. The van der Waals surface area contributed by atoms with Gasteiger partial charge in [-0.25, -0.2) is 4.79 Å². The van der Waals surface area contributed by atoms with E-state index in [1.807, 2.05) is 41.3 Å². The minimum absolute atomic E-state index is 0.0940. The molecule has 0 aliphatic carbocycles. The van der Waals surface area contributed by atoms with Gasteiger partial charge in [-0.05, 0) is 31.4 Å². The molecule has 2 fully saturated rings. The van der Waals surface area contributed by atoms with Gasteiger partial charge in [-0.1, -0.05) is 43.2 Å². The Labute approximate surface area is 187 Å². The lowest BCUT2D eigenvalue weighted by atomic mass is 10.1. The minimum Gasteiger partial charge on any atom is -0.448 e. The lowest BCUT2D eigenvalue weighted by molar-refractivity contribution is -0.139. The van der Waals surface area contributed by atoms with Gasteiger partial charge in [0.05, 0.1) is 18.2 Å². The minimum atomic E-state index is -0.778. The van der Waals surface area contributed by atoms with Gasteiger partial charge in [-0.3, -0.25) is 4.79 Å². The van der Waals surface area contributed by atoms with E-state index in [0.717, 1.165) is 68.0 Å². The Morgan fingerprint density at radius 1 is 1.00 bits per heavy atom. The fourth-order valence-corrected chi connectivity index (χ4v) is 5.24. The van der Waals surface area contributed by atoms with Gasteiger partial charge in [-0.2, -0.15) is 0 Å². The molecule has 1 atom stereocenters. The Hall–Kier alpha value is -2.38. The van der Waals surface area contributed by atoms with Crippen LogP contribution in [0.3, 0.4) is 0 Å². The molecule has 2 aliphatic heterocycles. The number of benzene rings is 1. The summed E-state index contributed by atoms with van der Waals surface area (Å²) in [5.74, 6) is -0.527. The molecular weight excluding hydrogens is 412 g/mol. The average Bonchev–Trinajstić information content (AvgIpc) is 3.08. The van der Waals surface area contributed by atoms with Crippen LogP contribution in [0, 0.1) is 0 Å². The molecule has 3 heterocycles. The zero-order valence-electron chi connectivity index (χ0n) is 18.0. The highest BCUT2D eigenvalue weighted by molar-refractivity contribution is 7.18. The number of esters is 1. The van der Waals surface area contributed by atoms with Crippen molar-refractivity contribution in [2.24, 2.45) is 0 Å². The quantitative estimate of drug-likeness (QED) is 0.650. The first-order valence-electron chi connectivity index (χ1n) is 11.1. The van der Waals surface area contributed by atoms with Gasteiger partial charge in [0.25, 0.3) is 5.91 Å². The van der Waals surface area contributed by atoms with Crippen molar-refractivity contribution in [3.8, 4) is 11.1 Å². The maximum Gasteiger partial charge on any atom is 0.349 e. The van der Waals surface area contributed by atoms with E-state index < -0.39 is 12.1 Å². The third-order valence-electron chi connectivity index (χ3n) is 5.85. The summed E-state index contributed by atoms with van der Waals surface area (Å²) in [6.45, 7) is 6.11. The summed E-state index contributed by atoms with van der Waals surface area (Å²) < 4.78 is 11.1. The summed E-state index contributed by atoms with van der Waals surface area (Å²) in [4.78, 5) is 30.4. The van der Waals surface area contributed by atoms with Crippen LogP contribution in [0.15, 0.2) is 36.4 Å². The van der Waals surface area contributed by atoms with Crippen molar-refractivity contribution in [3.05, 3.63) is 41.3 Å². The first kappa shape index (κ1) is 21.8. The second-order valence-corrected chi connectivity index (χ2v) is 9.11. The number of amides is 1. The third-order valence-corrected chi connectivity index (χ3v) is 7.02. The van der Waals surface area contributed by atoms with E-state index in [4.69, 9.17) is 9.47 Å². The number of hydrogen-bond donors (Lipinski definition) is 0. The normalized spacial score (nSPS) is 18.4. The van der Waals surface area contributed by atoms with Crippen molar-refractivity contribution in [2.45, 2.75) is 38.7 Å². The number of anilines is 1. The van der Waals surface area contributed by atoms with Gasteiger partial charge >= 0.3 is 5.97 Å². The number of carbonyl (C=O) groups is 2. The summed E-state index contributed by atoms with van der Waals surface area (Å²) in [5, 5.41) is 1.05. The lowest BCUT2D eigenvalue weighted by Crippen LogP contribution is -2.40. The zero-order chi connectivity index (χ0) is 21.6. The molecule has 6 nitrogen and oxygen atoms in total. The number of hydrogen-bond acceptors (Lipinski definition) is 6. The number of nitrogens with zero attached hydrogens (tertiary/aromatic N) is 2. The molecule has 0 radical (unpaired) electrons. The van der Waals surface area contributed by atoms with Crippen LogP contribution in [0.1, 0.15) is 42.3 Å². The third kappa shape index (κ3) is 5.28. The SMILES string of the molecule is CC(OC(=O)c1cc(-c2ccccc2)c(N2CCOCC2)s1)C(=O)N1CCCCCC1. The van der Waals surface area contributed by atoms with Gasteiger partial charge in [0, 0.05) is 31.7 Å². The Morgan fingerprint density at radius 2 is 1.68 bits per heavy atom. The number of rotatable bonds is 5. The maximum atomic E-state index is 13.0. The van der Waals surface area contributed by atoms with Crippen LogP contribution in [-0.2, 0) is 14.3 Å². The highest BCUT2D eigenvalue weighted by Crippen LogP contribution is 2.39. The molecule has 1 unspecified atom stereocenters. The summed E-state index contributed by atoms with van der Waals surface area (Å²) in [6.07, 6.45) is 3.56. The summed E-state index contributed by atoms with van der Waals surface area (Å²) in [6, 6.07) is 12.0. The second-order valence-electron chi connectivity index (χ2n) is 8.08. The molecule has 0 spiro atoms. The Balaban J connectivity index is 1.52. The maximum absolute atomic E-state index is 13.0. The van der Waals surface area contributed by atoms with Crippen LogP contribution in [0.25, 0.3) is 11.1 Å². The van der Waals surface area contributed by atoms with E-state index in [9.17, 15) is 9.59 Å². The number of thiophene rings is 1. The molecule has 1 aromatic heterocycles. The molecule has 0 saturated carbocycles. The molecule has 31 heavy (non-hydrogen) atoms. The van der Waals surface area contributed by atoms with E-state index in [2.05, 4.69) is 4.90 Å². The Kier molecular flexibility index (Phi) is 7.25. The Morgan fingerprint density at radius 3 is 2.35 bits per heavy atom. The van der Waals surface area contributed by atoms with Crippen LogP contribution in [-0.4, -0.2) is 62.3 Å². The van der Waals surface area contributed by atoms with Gasteiger partial charge in [0.2, 0.25) is 0 Å². The average molecular weight is 443 g/mol. The van der Waals surface area contributed by atoms with Crippen LogP contribution < -0.4 is 4.90 Å². The lowest BCUT2D eigenvalue weighted by Gasteiger charge is -2.28. The van der Waals surface area contributed by atoms with E-state index in [-0.39, 0.29) is 5.91 Å². The molecular formula is C24H30N2O4S. The number of likely N-dealkylation sites (tertiary alicyclic amines) is 1. The standard InChI is InChI=1S/C24H30N2O4S/c1-18(22(27)25-11-7-2-3-8-12-25)30-24(28)21-17-20(19-9-5-4-6-10-19)23(31-21)26-13-15-29-16-14-26/h4-6,9-10,17-18H,2-3,7-8,11-16H2,1H3. The molecule has 4 rings (SSSR count). The van der Waals surface area contributed by atoms with Gasteiger partial charge in [-0.15, -0.1) is 11.3 Å². The van der Waals surface area contributed by atoms with Crippen molar-refractivity contribution in [3.63, 3.8) is 0 Å². The van der Waals surface area contributed by atoms with E-state index >= 15 is 0 Å². The first-order chi connectivity index (χ1) is 15.1. The zero-order valence-corrected chi connectivity index (χ0v) is 18.9. The van der Waals surface area contributed by atoms with Crippen molar-refractivity contribution in [1.82, 2.24) is 4.90 Å². The summed E-state index contributed by atoms with van der Waals surface area (Å²) >= 11 is 1.43. The summed E-state index contributed by atoms with van der Waals surface area (Å²) in [7, 11) is 0. The highest BCUT2D eigenvalue weighted by Gasteiger charge is 2.27. The molecule has 1 amide bonds. The Bertz CT molecular complexity index is 884. The molecule has 2 aliphatic rings. The van der Waals surface area contributed by atoms with Crippen molar-refractivity contribution >= 4 is 28.2 Å². The number of ether oxygens (including phenoxy) is 2. The molecule has 0 bridgehead atoms. The van der Waals surface area contributed by atoms with Crippen molar-refractivity contribution in [2.75, 3.05) is 44.3 Å². The molecule has 0 N–H and O–H groups in total. The van der Waals surface area contributed by atoms with Crippen LogP contribution in [0.4, 0.5) is 5.00 Å². The predicted octanol–water partition coefficient (Wildman–Crippen LogP) is 4.20. The topological polar surface area (TPSA) is 59.1 Å². The van der Waals surface area contributed by atoms with E-state index in [1.165, 1.54) is 11.3 Å².